The summed E-state index contributed by atoms with van der Waals surface area (Å²) in [5, 5.41) is 15.7. The lowest BCUT2D eigenvalue weighted by Gasteiger charge is -2.36. The summed E-state index contributed by atoms with van der Waals surface area (Å²) in [6.45, 7) is 5.44. The van der Waals surface area contributed by atoms with Gasteiger partial charge < -0.3 is 19.5 Å². The third kappa shape index (κ3) is 2.79. The van der Waals surface area contributed by atoms with Gasteiger partial charge in [-0.2, -0.15) is 5.10 Å². The molecule has 0 amide bonds. The van der Waals surface area contributed by atoms with E-state index in [9.17, 15) is 5.11 Å². The number of morpholine rings is 1. The smallest absolute Gasteiger partial charge is 0.171 e. The zero-order valence-electron chi connectivity index (χ0n) is 13.6. The number of halogens is 1. The van der Waals surface area contributed by atoms with Gasteiger partial charge in [-0.15, -0.1) is 0 Å². The average Bonchev–Trinajstić information content (AvgIpc) is 2.96. The zero-order chi connectivity index (χ0) is 16.7. The van der Waals surface area contributed by atoms with Crippen LogP contribution in [-0.4, -0.2) is 58.7 Å². The van der Waals surface area contributed by atoms with Gasteiger partial charge in [-0.3, -0.25) is 0 Å². The molecule has 130 valence electrons. The highest BCUT2D eigenvalue weighted by Gasteiger charge is 2.36. The van der Waals surface area contributed by atoms with Crippen molar-refractivity contribution in [3.8, 4) is 0 Å². The second kappa shape index (κ2) is 6.40. The van der Waals surface area contributed by atoms with Crippen molar-refractivity contribution in [3.05, 3.63) is 21.5 Å². The van der Waals surface area contributed by atoms with Crippen LogP contribution in [0.3, 0.4) is 0 Å². The van der Waals surface area contributed by atoms with Crippen molar-refractivity contribution >= 4 is 34.1 Å². The van der Waals surface area contributed by atoms with Crippen LogP contribution >= 0.6 is 22.6 Å². The number of rotatable bonds is 2. The average molecular weight is 444 g/mol. The Morgan fingerprint density at radius 1 is 1.29 bits per heavy atom. The molecule has 2 aliphatic rings. The SMILES string of the molecule is C[C@@H]1COCCN1c1cc(C2(O)CCOCC2)n2ncc(I)c2n1. The highest BCUT2D eigenvalue weighted by molar-refractivity contribution is 14.1. The van der Waals surface area contributed by atoms with Gasteiger partial charge in [-0.1, -0.05) is 0 Å². The lowest BCUT2D eigenvalue weighted by molar-refractivity contribution is -0.0717. The van der Waals surface area contributed by atoms with Gasteiger partial charge in [-0.25, -0.2) is 9.50 Å². The molecule has 4 rings (SSSR count). The largest absolute Gasteiger partial charge is 0.383 e. The van der Waals surface area contributed by atoms with E-state index >= 15 is 0 Å². The van der Waals surface area contributed by atoms with E-state index in [0.717, 1.165) is 27.3 Å². The second-order valence-electron chi connectivity index (χ2n) is 6.49. The number of fused-ring (bicyclic) bond motifs is 1. The molecule has 2 saturated heterocycles. The lowest BCUT2D eigenvalue weighted by atomic mass is 9.90. The molecule has 0 saturated carbocycles. The maximum absolute atomic E-state index is 11.2. The highest BCUT2D eigenvalue weighted by atomic mass is 127. The van der Waals surface area contributed by atoms with E-state index in [4.69, 9.17) is 14.5 Å². The molecule has 7 nitrogen and oxygen atoms in total. The van der Waals surface area contributed by atoms with Crippen LogP contribution in [0.5, 0.6) is 0 Å². The van der Waals surface area contributed by atoms with E-state index in [0.29, 0.717) is 39.3 Å². The molecule has 2 aliphatic heterocycles. The van der Waals surface area contributed by atoms with Crippen molar-refractivity contribution in [2.75, 3.05) is 37.9 Å². The van der Waals surface area contributed by atoms with Gasteiger partial charge in [0.2, 0.25) is 0 Å². The molecular formula is C16H21IN4O3. The van der Waals surface area contributed by atoms with E-state index < -0.39 is 5.60 Å². The summed E-state index contributed by atoms with van der Waals surface area (Å²) in [5.41, 5.74) is 0.660. The van der Waals surface area contributed by atoms with Crippen LogP contribution in [0.1, 0.15) is 25.5 Å². The molecule has 24 heavy (non-hydrogen) atoms. The summed E-state index contributed by atoms with van der Waals surface area (Å²) in [7, 11) is 0. The molecule has 0 aromatic carbocycles. The van der Waals surface area contributed by atoms with Gasteiger partial charge >= 0.3 is 0 Å². The van der Waals surface area contributed by atoms with E-state index in [1.807, 2.05) is 6.07 Å². The summed E-state index contributed by atoms with van der Waals surface area (Å²) < 4.78 is 13.7. The monoisotopic (exact) mass is 444 g/mol. The van der Waals surface area contributed by atoms with Crippen LogP contribution < -0.4 is 4.90 Å². The summed E-state index contributed by atoms with van der Waals surface area (Å²) in [6.07, 6.45) is 2.93. The molecule has 1 atom stereocenters. The van der Waals surface area contributed by atoms with Gasteiger partial charge in [0, 0.05) is 38.7 Å². The minimum atomic E-state index is -0.932. The maximum atomic E-state index is 11.2. The molecule has 0 unspecified atom stereocenters. The minimum Gasteiger partial charge on any atom is -0.383 e. The van der Waals surface area contributed by atoms with E-state index in [-0.39, 0.29) is 6.04 Å². The number of nitrogens with zero attached hydrogens (tertiary/aromatic N) is 4. The van der Waals surface area contributed by atoms with Crippen molar-refractivity contribution in [3.63, 3.8) is 0 Å². The van der Waals surface area contributed by atoms with Gasteiger partial charge in [-0.05, 0) is 29.5 Å². The van der Waals surface area contributed by atoms with Crippen molar-refractivity contribution < 1.29 is 14.6 Å². The fourth-order valence-corrected chi connectivity index (χ4v) is 3.91. The number of hydrogen-bond donors (Lipinski definition) is 1. The van der Waals surface area contributed by atoms with Crippen LogP contribution in [0, 0.1) is 3.57 Å². The number of hydrogen-bond acceptors (Lipinski definition) is 6. The standard InChI is InChI=1S/C16H21IN4O3/c1-11-10-24-7-4-20(11)14-8-13(16(22)2-5-23-6-3-16)21-15(19-14)12(17)9-18-21/h8-9,11,22H,2-7,10H2,1H3/t11-/m1/s1. The summed E-state index contributed by atoms with van der Waals surface area (Å²) in [4.78, 5) is 7.07. The quantitative estimate of drug-likeness (QED) is 0.710. The van der Waals surface area contributed by atoms with Crippen LogP contribution in [0.2, 0.25) is 0 Å². The lowest BCUT2D eigenvalue weighted by Crippen LogP contribution is -2.44. The molecule has 0 bridgehead atoms. The molecule has 2 aromatic rings. The Morgan fingerprint density at radius 2 is 2.08 bits per heavy atom. The molecule has 1 N–H and O–H groups in total. The molecule has 0 radical (unpaired) electrons. The van der Waals surface area contributed by atoms with Crippen molar-refractivity contribution in [1.29, 1.82) is 0 Å². The van der Waals surface area contributed by atoms with E-state index in [1.165, 1.54) is 0 Å². The van der Waals surface area contributed by atoms with Gasteiger partial charge in [0.05, 0.1) is 34.7 Å². The van der Waals surface area contributed by atoms with Crippen molar-refractivity contribution in [2.24, 2.45) is 0 Å². The topological polar surface area (TPSA) is 72.1 Å². The summed E-state index contributed by atoms with van der Waals surface area (Å²) >= 11 is 2.24. The summed E-state index contributed by atoms with van der Waals surface area (Å²) in [5.74, 6) is 0.881. The van der Waals surface area contributed by atoms with Crippen LogP contribution in [0.25, 0.3) is 5.65 Å². The van der Waals surface area contributed by atoms with Gasteiger partial charge in [0.1, 0.15) is 11.4 Å². The Labute approximate surface area is 154 Å². The molecule has 2 aromatic heterocycles. The Bertz CT molecular complexity index is 744. The predicted octanol–water partition coefficient (Wildman–Crippen LogP) is 1.56. The Balaban J connectivity index is 1.85. The molecule has 4 heterocycles. The Kier molecular flexibility index (Phi) is 4.40. The van der Waals surface area contributed by atoms with Crippen LogP contribution in [-0.2, 0) is 15.1 Å². The first-order valence-electron chi connectivity index (χ1n) is 8.28. The number of aliphatic hydroxyl groups is 1. The third-order valence-electron chi connectivity index (χ3n) is 4.87. The zero-order valence-corrected chi connectivity index (χ0v) is 15.8. The van der Waals surface area contributed by atoms with E-state index in [1.54, 1.807) is 10.7 Å². The highest BCUT2D eigenvalue weighted by Crippen LogP contribution is 2.34. The fraction of sp³-hybridized carbons (Fsp3) is 0.625. The number of ether oxygens (including phenoxy) is 2. The molecule has 0 aliphatic carbocycles. The normalized spacial score (nSPS) is 24.5. The number of aromatic nitrogens is 3. The first-order valence-corrected chi connectivity index (χ1v) is 9.36. The molecular weight excluding hydrogens is 423 g/mol. The molecule has 2 fully saturated rings. The Hall–Kier alpha value is -0.970. The van der Waals surface area contributed by atoms with Crippen molar-refractivity contribution in [1.82, 2.24) is 14.6 Å². The summed E-state index contributed by atoms with van der Waals surface area (Å²) in [6, 6.07) is 2.25. The van der Waals surface area contributed by atoms with Gasteiger partial charge in [0.15, 0.2) is 5.65 Å². The van der Waals surface area contributed by atoms with Gasteiger partial charge in [0.25, 0.3) is 0 Å². The predicted molar refractivity (Wildman–Crippen MR) is 97.3 cm³/mol. The van der Waals surface area contributed by atoms with Crippen LogP contribution in [0.4, 0.5) is 5.82 Å². The van der Waals surface area contributed by atoms with Crippen LogP contribution in [0.15, 0.2) is 12.3 Å². The first kappa shape index (κ1) is 16.5. The minimum absolute atomic E-state index is 0.256. The maximum Gasteiger partial charge on any atom is 0.171 e. The number of anilines is 1. The third-order valence-corrected chi connectivity index (χ3v) is 5.63. The molecule has 0 spiro atoms. The molecule has 8 heteroatoms. The van der Waals surface area contributed by atoms with Crippen molar-refractivity contribution in [2.45, 2.75) is 31.4 Å². The second-order valence-corrected chi connectivity index (χ2v) is 7.65. The fourth-order valence-electron chi connectivity index (χ4n) is 3.43. The van der Waals surface area contributed by atoms with E-state index in [2.05, 4.69) is 39.5 Å². The Morgan fingerprint density at radius 3 is 2.83 bits per heavy atom. The first-order chi connectivity index (χ1) is 11.6.